The number of benzene rings is 1. The van der Waals surface area contributed by atoms with Gasteiger partial charge in [0.1, 0.15) is 5.76 Å². The molecule has 0 spiro atoms. The summed E-state index contributed by atoms with van der Waals surface area (Å²) in [7, 11) is 0. The molecule has 2 heterocycles. The van der Waals surface area contributed by atoms with E-state index in [9.17, 15) is 9.59 Å². The van der Waals surface area contributed by atoms with E-state index in [1.54, 1.807) is 10.8 Å². The normalized spacial score (nSPS) is 15.1. The monoisotopic (exact) mass is 381 g/mol. The summed E-state index contributed by atoms with van der Waals surface area (Å²) in [6.07, 6.45) is 4.91. The fourth-order valence-electron chi connectivity index (χ4n) is 4.02. The number of imidazole rings is 1. The molecule has 0 saturated heterocycles. The number of furan rings is 1. The summed E-state index contributed by atoms with van der Waals surface area (Å²) in [6, 6.07) is 11.8. The van der Waals surface area contributed by atoms with Crippen molar-refractivity contribution in [3.8, 4) is 0 Å². The quantitative estimate of drug-likeness (QED) is 0.594. The number of rotatable bonds is 8. The van der Waals surface area contributed by atoms with E-state index in [-0.39, 0.29) is 23.7 Å². The molecule has 3 aromatic rings. The number of amides is 1. The number of nitrogens with zero attached hydrogens (tertiary/aromatic N) is 3. The predicted octanol–water partition coefficient (Wildman–Crippen LogP) is 3.95. The Morgan fingerprint density at radius 2 is 1.82 bits per heavy atom. The minimum atomic E-state index is -0.0897. The highest BCUT2D eigenvalue weighted by Gasteiger charge is 2.36. The van der Waals surface area contributed by atoms with Crippen LogP contribution in [0.2, 0.25) is 0 Å². The Labute approximate surface area is 164 Å². The van der Waals surface area contributed by atoms with Crippen LogP contribution in [0.5, 0.6) is 0 Å². The second-order valence-corrected chi connectivity index (χ2v) is 7.55. The van der Waals surface area contributed by atoms with Crippen LogP contribution < -0.4 is 5.69 Å². The minimum Gasteiger partial charge on any atom is -0.467 e. The molecule has 1 atom stereocenters. The maximum Gasteiger partial charge on any atom is 0.329 e. The summed E-state index contributed by atoms with van der Waals surface area (Å²) in [6.45, 7) is 5.15. The van der Waals surface area contributed by atoms with Gasteiger partial charge in [0.2, 0.25) is 5.91 Å². The van der Waals surface area contributed by atoms with E-state index >= 15 is 0 Å². The van der Waals surface area contributed by atoms with Crippen molar-refractivity contribution in [1.82, 2.24) is 14.0 Å². The summed E-state index contributed by atoms with van der Waals surface area (Å²) < 4.78 is 9.07. The molecule has 1 saturated carbocycles. The average molecular weight is 381 g/mol. The lowest BCUT2D eigenvalue weighted by molar-refractivity contribution is -0.134. The number of hydrogen-bond acceptors (Lipinski definition) is 3. The lowest BCUT2D eigenvalue weighted by Gasteiger charge is -2.28. The Morgan fingerprint density at radius 1 is 1.14 bits per heavy atom. The zero-order valence-corrected chi connectivity index (χ0v) is 16.5. The zero-order chi connectivity index (χ0) is 19.7. The van der Waals surface area contributed by atoms with Crippen LogP contribution in [0.25, 0.3) is 11.0 Å². The van der Waals surface area contributed by atoms with Crippen molar-refractivity contribution in [1.29, 1.82) is 0 Å². The molecule has 6 heteroatoms. The standard InChI is InChI=1S/C22H27N3O3/c1-3-13-23-18-7-4-5-8-19(18)24(22(23)27)14-12-21(26)25(17-10-11-17)16(2)20-9-6-15-28-20/h4-9,15-17H,3,10-14H2,1-2H3. The van der Waals surface area contributed by atoms with E-state index in [4.69, 9.17) is 4.42 Å². The summed E-state index contributed by atoms with van der Waals surface area (Å²) in [5.41, 5.74) is 1.79. The summed E-state index contributed by atoms with van der Waals surface area (Å²) in [5, 5.41) is 0. The van der Waals surface area contributed by atoms with E-state index < -0.39 is 0 Å². The predicted molar refractivity (Wildman–Crippen MR) is 108 cm³/mol. The number of carbonyl (C=O) groups is 1. The summed E-state index contributed by atoms with van der Waals surface area (Å²) >= 11 is 0. The van der Waals surface area contributed by atoms with Crippen molar-refractivity contribution in [2.75, 3.05) is 0 Å². The third-order valence-corrected chi connectivity index (χ3v) is 5.52. The van der Waals surface area contributed by atoms with E-state index in [2.05, 4.69) is 6.92 Å². The van der Waals surface area contributed by atoms with Gasteiger partial charge in [-0.25, -0.2) is 4.79 Å². The second-order valence-electron chi connectivity index (χ2n) is 7.55. The Hall–Kier alpha value is -2.76. The first-order valence-corrected chi connectivity index (χ1v) is 10.1. The number of aryl methyl sites for hydroxylation is 2. The molecule has 6 nitrogen and oxygen atoms in total. The molecular formula is C22H27N3O3. The lowest BCUT2D eigenvalue weighted by atomic mass is 10.2. The zero-order valence-electron chi connectivity index (χ0n) is 16.5. The fraction of sp³-hybridized carbons (Fsp3) is 0.455. The van der Waals surface area contributed by atoms with E-state index in [0.29, 0.717) is 19.5 Å². The molecule has 4 rings (SSSR count). The minimum absolute atomic E-state index is 0.0343. The maximum atomic E-state index is 13.1. The van der Waals surface area contributed by atoms with Crippen LogP contribution in [0.1, 0.15) is 51.3 Å². The average Bonchev–Trinajstić information content (AvgIpc) is 3.29. The molecule has 0 bridgehead atoms. The highest BCUT2D eigenvalue weighted by atomic mass is 16.3. The molecule has 148 valence electrons. The Kier molecular flexibility index (Phi) is 5.11. The van der Waals surface area contributed by atoms with Gasteiger partial charge in [0.25, 0.3) is 0 Å². The van der Waals surface area contributed by atoms with Crippen LogP contribution in [0.15, 0.2) is 51.9 Å². The lowest BCUT2D eigenvalue weighted by Crippen LogP contribution is -2.36. The Balaban J connectivity index is 1.56. The Bertz CT molecular complexity index is 1010. The third-order valence-electron chi connectivity index (χ3n) is 5.52. The number of carbonyl (C=O) groups excluding carboxylic acids is 1. The van der Waals surface area contributed by atoms with E-state index in [1.165, 1.54) is 0 Å². The highest BCUT2D eigenvalue weighted by molar-refractivity contribution is 5.78. The van der Waals surface area contributed by atoms with Gasteiger partial charge in [-0.2, -0.15) is 0 Å². The number of fused-ring (bicyclic) bond motifs is 1. The molecule has 1 fully saturated rings. The van der Waals surface area contributed by atoms with E-state index in [1.807, 2.05) is 52.8 Å². The first kappa shape index (κ1) is 18.6. The van der Waals surface area contributed by atoms with Gasteiger partial charge in [-0.1, -0.05) is 19.1 Å². The second kappa shape index (κ2) is 7.70. The molecule has 28 heavy (non-hydrogen) atoms. The van der Waals surface area contributed by atoms with Crippen molar-refractivity contribution in [2.45, 2.75) is 64.7 Å². The topological polar surface area (TPSA) is 60.4 Å². The molecule has 1 amide bonds. The van der Waals surface area contributed by atoms with Crippen molar-refractivity contribution >= 4 is 16.9 Å². The van der Waals surface area contributed by atoms with Gasteiger partial charge in [-0.3, -0.25) is 13.9 Å². The molecule has 0 N–H and O–H groups in total. The van der Waals surface area contributed by atoms with Crippen LogP contribution in [0, 0.1) is 0 Å². The smallest absolute Gasteiger partial charge is 0.329 e. The van der Waals surface area contributed by atoms with Crippen LogP contribution in [-0.4, -0.2) is 26.0 Å². The first-order valence-electron chi connectivity index (χ1n) is 10.1. The van der Waals surface area contributed by atoms with Gasteiger partial charge in [-0.05, 0) is 50.5 Å². The van der Waals surface area contributed by atoms with Gasteiger partial charge in [0.05, 0.1) is 23.3 Å². The van der Waals surface area contributed by atoms with Gasteiger partial charge >= 0.3 is 5.69 Å². The number of aromatic nitrogens is 2. The molecule has 0 aliphatic heterocycles. The van der Waals surface area contributed by atoms with Crippen molar-refractivity contribution in [3.63, 3.8) is 0 Å². The van der Waals surface area contributed by atoms with Crippen molar-refractivity contribution < 1.29 is 9.21 Å². The highest BCUT2D eigenvalue weighted by Crippen LogP contribution is 2.35. The van der Waals surface area contributed by atoms with Gasteiger partial charge < -0.3 is 9.32 Å². The van der Waals surface area contributed by atoms with Crippen molar-refractivity contribution in [2.24, 2.45) is 0 Å². The fourth-order valence-corrected chi connectivity index (χ4v) is 4.02. The molecule has 1 unspecified atom stereocenters. The van der Waals surface area contributed by atoms with Gasteiger partial charge in [0.15, 0.2) is 0 Å². The van der Waals surface area contributed by atoms with Gasteiger partial charge in [0, 0.05) is 25.6 Å². The molecule has 2 aromatic heterocycles. The van der Waals surface area contributed by atoms with Crippen LogP contribution >= 0.6 is 0 Å². The number of para-hydroxylation sites is 2. The largest absolute Gasteiger partial charge is 0.467 e. The summed E-state index contributed by atoms with van der Waals surface area (Å²) in [5.74, 6) is 0.877. The van der Waals surface area contributed by atoms with Crippen LogP contribution in [0.3, 0.4) is 0 Å². The molecule has 1 aliphatic carbocycles. The number of hydrogen-bond donors (Lipinski definition) is 0. The molecule has 1 aromatic carbocycles. The van der Waals surface area contributed by atoms with Crippen molar-refractivity contribution in [3.05, 3.63) is 58.9 Å². The maximum absolute atomic E-state index is 13.1. The van der Waals surface area contributed by atoms with Gasteiger partial charge in [-0.15, -0.1) is 0 Å². The molecular weight excluding hydrogens is 354 g/mol. The Morgan fingerprint density at radius 3 is 2.39 bits per heavy atom. The van der Waals surface area contributed by atoms with E-state index in [0.717, 1.165) is 36.1 Å². The summed E-state index contributed by atoms with van der Waals surface area (Å²) in [4.78, 5) is 27.9. The van der Waals surface area contributed by atoms with Crippen LogP contribution in [0.4, 0.5) is 0 Å². The molecule has 1 aliphatic rings. The first-order chi connectivity index (χ1) is 13.6. The molecule has 0 radical (unpaired) electrons. The SMILES string of the molecule is CCCn1c(=O)n(CCC(=O)N(C2CC2)C(C)c2ccco2)c2ccccc21. The van der Waals surface area contributed by atoms with Crippen LogP contribution in [-0.2, 0) is 17.9 Å². The third kappa shape index (κ3) is 3.39.